The van der Waals surface area contributed by atoms with Crippen molar-refractivity contribution in [3.63, 3.8) is 0 Å². The predicted molar refractivity (Wildman–Crippen MR) is 109 cm³/mol. The topological polar surface area (TPSA) is 49.4 Å². The van der Waals surface area contributed by atoms with Crippen LogP contribution in [0.4, 0.5) is 0 Å². The van der Waals surface area contributed by atoms with Crippen molar-refractivity contribution in [3.05, 3.63) is 83.2 Å². The number of amides is 1. The molecule has 2 aliphatic rings. The van der Waals surface area contributed by atoms with Crippen molar-refractivity contribution < 1.29 is 9.59 Å². The van der Waals surface area contributed by atoms with E-state index in [0.717, 1.165) is 42.5 Å². The second-order valence-corrected chi connectivity index (χ2v) is 7.86. The van der Waals surface area contributed by atoms with Crippen LogP contribution in [-0.2, 0) is 15.0 Å². The molecule has 0 radical (unpaired) electrons. The maximum Gasteiger partial charge on any atom is 0.235 e. The molecule has 1 amide bonds. The molecule has 2 aromatic carbocycles. The van der Waals surface area contributed by atoms with Crippen LogP contribution in [-0.4, -0.2) is 23.6 Å². The van der Waals surface area contributed by atoms with Crippen LogP contribution in [0.25, 0.3) is 0 Å². The van der Waals surface area contributed by atoms with Crippen molar-refractivity contribution in [1.82, 2.24) is 10.2 Å². The van der Waals surface area contributed by atoms with Gasteiger partial charge in [0.05, 0.1) is 5.41 Å². The summed E-state index contributed by atoms with van der Waals surface area (Å²) in [5, 5.41) is 3.04. The summed E-state index contributed by atoms with van der Waals surface area (Å²) in [5.74, 6) is -0.0956. The third-order valence-corrected chi connectivity index (χ3v) is 6.34. The zero-order valence-electron chi connectivity index (χ0n) is 16.4. The van der Waals surface area contributed by atoms with Gasteiger partial charge in [0.25, 0.3) is 0 Å². The fourth-order valence-corrected chi connectivity index (χ4v) is 4.64. The van der Waals surface area contributed by atoms with E-state index >= 15 is 0 Å². The molecular weight excluding hydrogens is 348 g/mol. The number of nitrogens with zero attached hydrogens (tertiary/aromatic N) is 1. The number of carbonyl (C=O) groups is 2. The summed E-state index contributed by atoms with van der Waals surface area (Å²) in [6, 6.07) is 19.3. The van der Waals surface area contributed by atoms with E-state index in [9.17, 15) is 9.59 Å². The van der Waals surface area contributed by atoms with Gasteiger partial charge in [-0.15, -0.1) is 0 Å². The molecule has 4 heteroatoms. The summed E-state index contributed by atoms with van der Waals surface area (Å²) in [6.45, 7) is 1.90. The van der Waals surface area contributed by atoms with Crippen LogP contribution in [0.3, 0.4) is 0 Å². The van der Waals surface area contributed by atoms with Crippen LogP contribution in [0.1, 0.15) is 49.8 Å². The lowest BCUT2D eigenvalue weighted by molar-refractivity contribution is -0.127. The number of allylic oxidation sites excluding steroid dienone is 1. The lowest BCUT2D eigenvalue weighted by Gasteiger charge is -2.28. The molecule has 4 rings (SSSR count). The van der Waals surface area contributed by atoms with E-state index in [1.165, 1.54) is 0 Å². The molecular formula is C24H26N2O2. The average molecular weight is 374 g/mol. The number of ketones is 1. The first-order valence-electron chi connectivity index (χ1n) is 9.94. The third-order valence-electron chi connectivity index (χ3n) is 6.34. The Morgan fingerprint density at radius 1 is 1.00 bits per heavy atom. The fourth-order valence-electron chi connectivity index (χ4n) is 4.64. The Bertz CT molecular complexity index is 912. The molecule has 1 heterocycles. The maximum atomic E-state index is 13.4. The summed E-state index contributed by atoms with van der Waals surface area (Å²) < 4.78 is 0. The summed E-state index contributed by atoms with van der Waals surface area (Å²) >= 11 is 0. The minimum Gasteiger partial charge on any atom is -0.362 e. The first-order chi connectivity index (χ1) is 13.5. The number of likely N-dealkylation sites (N-methyl/N-ethyl adjacent to an activating group) is 1. The summed E-state index contributed by atoms with van der Waals surface area (Å²) in [4.78, 5) is 28.6. The van der Waals surface area contributed by atoms with Crippen molar-refractivity contribution in [3.8, 4) is 0 Å². The van der Waals surface area contributed by atoms with Crippen molar-refractivity contribution in [1.29, 1.82) is 0 Å². The summed E-state index contributed by atoms with van der Waals surface area (Å²) in [5.41, 5.74) is 2.69. The minimum atomic E-state index is -0.543. The summed E-state index contributed by atoms with van der Waals surface area (Å²) in [7, 11) is 1.91. The van der Waals surface area contributed by atoms with E-state index in [1.807, 2.05) is 79.5 Å². The minimum absolute atomic E-state index is 0.0410. The van der Waals surface area contributed by atoms with Crippen molar-refractivity contribution >= 4 is 11.7 Å². The van der Waals surface area contributed by atoms with E-state index < -0.39 is 5.41 Å². The van der Waals surface area contributed by atoms with Gasteiger partial charge in [0, 0.05) is 12.7 Å². The third kappa shape index (κ3) is 2.93. The molecule has 4 nitrogen and oxygen atoms in total. The van der Waals surface area contributed by atoms with Gasteiger partial charge in [-0.2, -0.15) is 0 Å². The van der Waals surface area contributed by atoms with Gasteiger partial charge in [-0.3, -0.25) is 9.59 Å². The van der Waals surface area contributed by atoms with Crippen molar-refractivity contribution in [2.45, 2.75) is 44.1 Å². The van der Waals surface area contributed by atoms with Gasteiger partial charge in [0.2, 0.25) is 11.7 Å². The number of nitrogens with one attached hydrogen (secondary N) is 1. The van der Waals surface area contributed by atoms with Crippen LogP contribution in [0.15, 0.2) is 72.1 Å². The van der Waals surface area contributed by atoms with Crippen LogP contribution in [0.2, 0.25) is 0 Å². The Labute approximate surface area is 166 Å². The Morgan fingerprint density at radius 3 is 2.18 bits per heavy atom. The summed E-state index contributed by atoms with van der Waals surface area (Å²) in [6.07, 6.45) is 3.70. The zero-order chi connectivity index (χ0) is 19.7. The number of rotatable bonds is 4. The maximum absolute atomic E-state index is 13.4. The molecule has 1 aliphatic carbocycles. The second kappa shape index (κ2) is 7.27. The average Bonchev–Trinajstić information content (AvgIpc) is 3.30. The number of hydrogen-bond acceptors (Lipinski definition) is 3. The van der Waals surface area contributed by atoms with Crippen LogP contribution >= 0.6 is 0 Å². The fraction of sp³-hybridized carbons (Fsp3) is 0.333. The number of hydrogen-bond donors (Lipinski definition) is 1. The Morgan fingerprint density at radius 2 is 1.57 bits per heavy atom. The molecule has 0 unspecified atom stereocenters. The van der Waals surface area contributed by atoms with Gasteiger partial charge in [0.1, 0.15) is 11.7 Å². The highest BCUT2D eigenvalue weighted by atomic mass is 16.2. The molecule has 1 atom stereocenters. The van der Waals surface area contributed by atoms with E-state index in [-0.39, 0.29) is 17.7 Å². The van der Waals surface area contributed by atoms with E-state index in [1.54, 1.807) is 0 Å². The number of Topliss-reactive ketones (excluding diaryl/α,β-unsaturated/α-hetero) is 1. The molecule has 1 saturated carbocycles. The van der Waals surface area contributed by atoms with Crippen LogP contribution < -0.4 is 5.32 Å². The van der Waals surface area contributed by atoms with Crippen LogP contribution in [0.5, 0.6) is 0 Å². The highest BCUT2D eigenvalue weighted by Crippen LogP contribution is 2.42. The molecule has 0 saturated heterocycles. The number of benzene rings is 2. The molecule has 0 bridgehead atoms. The molecule has 1 aliphatic heterocycles. The van der Waals surface area contributed by atoms with Gasteiger partial charge < -0.3 is 10.2 Å². The van der Waals surface area contributed by atoms with Gasteiger partial charge in [-0.1, -0.05) is 73.5 Å². The standard InChI is InChI=1S/C24H26N2O2/c1-17-20(22(27)21(26(17)2)18-11-5-3-6-12-18)25-23(28)24(15-9-10-16-24)19-13-7-4-8-14-19/h3-8,11-14,21H,9-10,15-16H2,1-2H3,(H,25,28)/t21-/m0/s1. The molecule has 0 spiro atoms. The molecule has 144 valence electrons. The molecule has 0 aromatic heterocycles. The Hall–Kier alpha value is -2.88. The monoisotopic (exact) mass is 374 g/mol. The highest BCUT2D eigenvalue weighted by Gasteiger charge is 2.45. The smallest absolute Gasteiger partial charge is 0.235 e. The van der Waals surface area contributed by atoms with E-state index in [2.05, 4.69) is 5.32 Å². The first kappa shape index (κ1) is 18.5. The second-order valence-electron chi connectivity index (χ2n) is 7.86. The predicted octanol–water partition coefficient (Wildman–Crippen LogP) is 4.10. The molecule has 1 N–H and O–H groups in total. The molecule has 1 fully saturated rings. The zero-order valence-corrected chi connectivity index (χ0v) is 16.4. The van der Waals surface area contributed by atoms with E-state index in [4.69, 9.17) is 0 Å². The van der Waals surface area contributed by atoms with Crippen molar-refractivity contribution in [2.75, 3.05) is 7.05 Å². The number of carbonyl (C=O) groups excluding carboxylic acids is 2. The Balaban J connectivity index is 1.63. The quantitative estimate of drug-likeness (QED) is 0.876. The van der Waals surface area contributed by atoms with Crippen LogP contribution in [0, 0.1) is 0 Å². The normalized spacial score (nSPS) is 21.3. The van der Waals surface area contributed by atoms with Gasteiger partial charge >= 0.3 is 0 Å². The SMILES string of the molecule is CC1=C(NC(=O)C2(c3ccccc3)CCCC2)C(=O)[C@H](c2ccccc2)N1C. The van der Waals surface area contributed by atoms with Gasteiger partial charge in [-0.25, -0.2) is 0 Å². The van der Waals surface area contributed by atoms with Crippen molar-refractivity contribution in [2.24, 2.45) is 0 Å². The largest absolute Gasteiger partial charge is 0.362 e. The lowest BCUT2D eigenvalue weighted by Crippen LogP contribution is -2.43. The van der Waals surface area contributed by atoms with Gasteiger partial charge in [0.15, 0.2) is 0 Å². The highest BCUT2D eigenvalue weighted by molar-refractivity contribution is 6.06. The molecule has 28 heavy (non-hydrogen) atoms. The first-order valence-corrected chi connectivity index (χ1v) is 9.94. The lowest BCUT2D eigenvalue weighted by atomic mass is 9.78. The van der Waals surface area contributed by atoms with E-state index in [0.29, 0.717) is 5.70 Å². The Kier molecular flexibility index (Phi) is 4.80. The molecule has 2 aromatic rings. The van der Waals surface area contributed by atoms with Gasteiger partial charge in [-0.05, 0) is 30.9 Å².